The van der Waals surface area contributed by atoms with Crippen LogP contribution in [-0.2, 0) is 16.1 Å². The highest BCUT2D eigenvalue weighted by Gasteiger charge is 2.47. The van der Waals surface area contributed by atoms with Crippen LogP contribution in [0.15, 0.2) is 4.79 Å². The number of ketones is 1. The van der Waals surface area contributed by atoms with Gasteiger partial charge in [-0.15, -0.1) is 0 Å². The zero-order chi connectivity index (χ0) is 20.6. The number of fused-ring (bicyclic) bond motifs is 1. The highest BCUT2D eigenvalue weighted by atomic mass is 19.4. The quantitative estimate of drug-likeness (QED) is 0.710. The predicted molar refractivity (Wildman–Crippen MR) is 93.2 cm³/mol. The molecule has 28 heavy (non-hydrogen) atoms. The van der Waals surface area contributed by atoms with Gasteiger partial charge in [0.05, 0.1) is 25.8 Å². The zero-order valence-corrected chi connectivity index (χ0v) is 15.6. The normalized spacial score (nSPS) is 22.9. The van der Waals surface area contributed by atoms with Crippen molar-refractivity contribution in [2.75, 3.05) is 36.1 Å². The van der Waals surface area contributed by atoms with Crippen LogP contribution >= 0.6 is 0 Å². The molecule has 0 N–H and O–H groups in total. The fourth-order valence-corrected chi connectivity index (χ4v) is 3.53. The summed E-state index contributed by atoms with van der Waals surface area (Å²) < 4.78 is 61.6. The highest BCUT2D eigenvalue weighted by Crippen LogP contribution is 2.35. The van der Waals surface area contributed by atoms with Gasteiger partial charge < -0.3 is 14.5 Å². The summed E-state index contributed by atoms with van der Waals surface area (Å²) in [5.41, 5.74) is -1.03. The van der Waals surface area contributed by atoms with Crippen LogP contribution in [0.2, 0.25) is 0 Å². The van der Waals surface area contributed by atoms with Crippen molar-refractivity contribution in [3.63, 3.8) is 0 Å². The Morgan fingerprint density at radius 3 is 2.64 bits per heavy atom. The summed E-state index contributed by atoms with van der Waals surface area (Å²) >= 11 is 0. The van der Waals surface area contributed by atoms with Crippen LogP contribution in [0.5, 0.6) is 0 Å². The van der Waals surface area contributed by atoms with E-state index >= 15 is 0 Å². The van der Waals surface area contributed by atoms with Gasteiger partial charge in [0.1, 0.15) is 6.04 Å². The first-order valence-corrected chi connectivity index (χ1v) is 9.14. The molecule has 0 amide bonds. The second-order valence-corrected chi connectivity index (χ2v) is 6.99. The first kappa shape index (κ1) is 20.6. The number of halogens is 4. The second-order valence-electron chi connectivity index (χ2n) is 6.99. The molecule has 1 saturated heterocycles. The number of morpholine rings is 1. The number of hydrogen-bond acceptors (Lipinski definition) is 6. The van der Waals surface area contributed by atoms with Gasteiger partial charge in [0.15, 0.2) is 11.6 Å². The Labute approximate surface area is 158 Å². The van der Waals surface area contributed by atoms with Crippen molar-refractivity contribution >= 4 is 17.5 Å². The molecule has 3 rings (SSSR count). The van der Waals surface area contributed by atoms with Crippen LogP contribution in [0.4, 0.5) is 29.3 Å². The van der Waals surface area contributed by atoms with E-state index in [4.69, 9.17) is 4.74 Å². The number of carbonyl (C=O) groups excluding carboxylic acids is 1. The van der Waals surface area contributed by atoms with Gasteiger partial charge in [-0.3, -0.25) is 14.2 Å². The molecule has 0 aromatic carbocycles. The molecule has 1 fully saturated rings. The first-order chi connectivity index (χ1) is 13.1. The van der Waals surface area contributed by atoms with Crippen molar-refractivity contribution < 1.29 is 27.1 Å². The lowest BCUT2D eigenvalue weighted by atomic mass is 10.1. The Morgan fingerprint density at radius 1 is 1.32 bits per heavy atom. The van der Waals surface area contributed by atoms with Crippen LogP contribution in [-0.4, -0.2) is 59.9 Å². The number of hydrogen-bond donors (Lipinski definition) is 0. The largest absolute Gasteiger partial charge is 0.408 e. The number of ether oxygens (including phenoxy) is 1. The molecule has 2 aliphatic heterocycles. The van der Waals surface area contributed by atoms with Crippen LogP contribution in [0.25, 0.3) is 0 Å². The van der Waals surface area contributed by atoms with Gasteiger partial charge in [0, 0.05) is 19.5 Å². The van der Waals surface area contributed by atoms with Crippen molar-refractivity contribution in [1.29, 1.82) is 0 Å². The molecule has 0 bridgehead atoms. The molecule has 1 aromatic heterocycles. The van der Waals surface area contributed by atoms with Crippen LogP contribution in [0.1, 0.15) is 26.7 Å². The SMILES string of the molecule is CCC(=O)CN1c2nc(N3CCOC[C@H]3C)c(F)c(=O)n2CCC1C(F)(F)F. The molecule has 11 heteroatoms. The summed E-state index contributed by atoms with van der Waals surface area (Å²) in [5, 5.41) is 0. The summed E-state index contributed by atoms with van der Waals surface area (Å²) in [5.74, 6) is -2.16. The lowest BCUT2D eigenvalue weighted by Gasteiger charge is -2.40. The van der Waals surface area contributed by atoms with E-state index in [-0.39, 0.29) is 50.5 Å². The van der Waals surface area contributed by atoms with Crippen molar-refractivity contribution in [3.8, 4) is 0 Å². The van der Waals surface area contributed by atoms with Crippen molar-refractivity contribution in [2.45, 2.75) is 51.5 Å². The van der Waals surface area contributed by atoms with E-state index in [1.807, 2.05) is 0 Å². The van der Waals surface area contributed by atoms with Crippen molar-refractivity contribution in [1.82, 2.24) is 9.55 Å². The maximum Gasteiger partial charge on any atom is 0.408 e. The van der Waals surface area contributed by atoms with Crippen LogP contribution in [0.3, 0.4) is 0 Å². The average Bonchev–Trinajstić information content (AvgIpc) is 2.64. The molecule has 0 aliphatic carbocycles. The van der Waals surface area contributed by atoms with Crippen molar-refractivity contribution in [3.05, 3.63) is 16.2 Å². The number of nitrogens with zero attached hydrogens (tertiary/aromatic N) is 4. The average molecular weight is 406 g/mol. The monoisotopic (exact) mass is 406 g/mol. The molecule has 0 spiro atoms. The molecule has 1 aromatic rings. The molecule has 156 valence electrons. The summed E-state index contributed by atoms with van der Waals surface area (Å²) in [4.78, 5) is 30.9. The number of carbonyl (C=O) groups is 1. The van der Waals surface area contributed by atoms with Gasteiger partial charge in [-0.2, -0.15) is 22.5 Å². The molecule has 1 unspecified atom stereocenters. The van der Waals surface area contributed by atoms with Gasteiger partial charge in [-0.05, 0) is 13.3 Å². The standard InChI is InChI=1S/C17H22F4N4O3/c1-3-11(26)8-25-12(17(19,20)21)4-5-24-15(27)13(18)14(22-16(24)25)23-6-7-28-9-10(23)2/h10,12H,3-9H2,1-2H3/t10-,12?/m1/s1. The molecule has 2 atom stereocenters. The number of Topliss-reactive ketones (excluding diaryl/α,β-unsaturated/α-hetero) is 1. The van der Waals surface area contributed by atoms with E-state index in [1.165, 1.54) is 4.90 Å². The first-order valence-electron chi connectivity index (χ1n) is 9.14. The Morgan fingerprint density at radius 2 is 2.04 bits per heavy atom. The minimum Gasteiger partial charge on any atom is -0.377 e. The third kappa shape index (κ3) is 3.71. The lowest BCUT2D eigenvalue weighted by molar-refractivity contribution is -0.153. The van der Waals surface area contributed by atoms with E-state index in [1.54, 1.807) is 13.8 Å². The fraction of sp³-hybridized carbons (Fsp3) is 0.706. The van der Waals surface area contributed by atoms with Gasteiger partial charge in [0.25, 0.3) is 5.56 Å². The topological polar surface area (TPSA) is 67.7 Å². The summed E-state index contributed by atoms with van der Waals surface area (Å²) in [7, 11) is 0. The van der Waals surface area contributed by atoms with Gasteiger partial charge in [0.2, 0.25) is 11.8 Å². The number of aromatic nitrogens is 2. The summed E-state index contributed by atoms with van der Waals surface area (Å²) in [6.07, 6.45) is -5.03. The molecule has 2 aliphatic rings. The third-order valence-corrected chi connectivity index (χ3v) is 5.09. The van der Waals surface area contributed by atoms with E-state index in [0.717, 1.165) is 9.47 Å². The van der Waals surface area contributed by atoms with Gasteiger partial charge >= 0.3 is 6.18 Å². The van der Waals surface area contributed by atoms with E-state index in [9.17, 15) is 27.2 Å². The maximum atomic E-state index is 14.7. The number of anilines is 2. The Bertz CT molecular complexity index is 811. The van der Waals surface area contributed by atoms with Gasteiger partial charge in [-0.25, -0.2) is 0 Å². The minimum atomic E-state index is -4.61. The summed E-state index contributed by atoms with van der Waals surface area (Å²) in [6.45, 7) is 3.24. The fourth-order valence-electron chi connectivity index (χ4n) is 3.53. The van der Waals surface area contributed by atoms with Crippen LogP contribution < -0.4 is 15.4 Å². The molecule has 0 radical (unpaired) electrons. The number of rotatable bonds is 4. The Balaban J connectivity index is 2.13. The molecule has 0 saturated carbocycles. The van der Waals surface area contributed by atoms with Crippen LogP contribution in [0, 0.1) is 5.82 Å². The molecular formula is C17H22F4N4O3. The predicted octanol–water partition coefficient (Wildman–Crippen LogP) is 1.73. The Hall–Kier alpha value is -2.17. The molecule has 3 heterocycles. The number of alkyl halides is 3. The summed E-state index contributed by atoms with van der Waals surface area (Å²) in [6, 6.07) is -2.26. The van der Waals surface area contributed by atoms with E-state index < -0.39 is 42.3 Å². The molecular weight excluding hydrogens is 384 g/mol. The van der Waals surface area contributed by atoms with Crippen molar-refractivity contribution in [2.24, 2.45) is 0 Å². The minimum absolute atomic E-state index is 0.0415. The zero-order valence-electron chi connectivity index (χ0n) is 15.6. The third-order valence-electron chi connectivity index (χ3n) is 5.09. The van der Waals surface area contributed by atoms with E-state index in [0.29, 0.717) is 0 Å². The maximum absolute atomic E-state index is 14.7. The smallest absolute Gasteiger partial charge is 0.377 e. The molecule has 7 nitrogen and oxygen atoms in total. The lowest BCUT2D eigenvalue weighted by Crippen LogP contribution is -2.55. The second kappa shape index (κ2) is 7.69. The highest BCUT2D eigenvalue weighted by molar-refractivity contribution is 5.83. The van der Waals surface area contributed by atoms with E-state index in [2.05, 4.69) is 4.98 Å². The Kier molecular flexibility index (Phi) is 5.64. The van der Waals surface area contributed by atoms with Gasteiger partial charge in [-0.1, -0.05) is 6.92 Å².